The summed E-state index contributed by atoms with van der Waals surface area (Å²) in [4.78, 5) is 11.8. The third-order valence-electron chi connectivity index (χ3n) is 2.36. The van der Waals surface area contributed by atoms with Crippen LogP contribution >= 0.6 is 15.9 Å². The van der Waals surface area contributed by atoms with Crippen molar-refractivity contribution in [3.05, 3.63) is 52.9 Å². The van der Waals surface area contributed by atoms with Gasteiger partial charge in [0.15, 0.2) is 0 Å². The number of carbonyl (C=O) groups is 1. The fraction of sp³-hybridized carbons (Fsp3) is 0.0714. The van der Waals surface area contributed by atoms with Crippen LogP contribution in [0.3, 0.4) is 0 Å². The standard InChI is InChI=1S/C14H12BrNO3/c1-18-13-6-4-10(15)9-12(13)16-14(17)7-5-11-3-2-8-19-11/h2-9H,1H3,(H,16,17)/b7-5+. The number of methoxy groups -OCH3 is 1. The number of hydrogen-bond acceptors (Lipinski definition) is 3. The summed E-state index contributed by atoms with van der Waals surface area (Å²) in [5.74, 6) is 0.965. The van der Waals surface area contributed by atoms with E-state index in [0.717, 1.165) is 4.47 Å². The van der Waals surface area contributed by atoms with E-state index in [1.807, 2.05) is 6.07 Å². The van der Waals surface area contributed by atoms with Crippen LogP contribution in [0.1, 0.15) is 5.76 Å². The van der Waals surface area contributed by atoms with E-state index in [2.05, 4.69) is 21.2 Å². The van der Waals surface area contributed by atoms with Gasteiger partial charge in [0, 0.05) is 10.5 Å². The van der Waals surface area contributed by atoms with E-state index in [4.69, 9.17) is 9.15 Å². The van der Waals surface area contributed by atoms with Gasteiger partial charge in [0.25, 0.3) is 0 Å². The summed E-state index contributed by atoms with van der Waals surface area (Å²) < 4.78 is 11.1. The zero-order valence-corrected chi connectivity index (χ0v) is 11.8. The molecule has 4 nitrogen and oxygen atoms in total. The second kappa shape index (κ2) is 6.24. The van der Waals surface area contributed by atoms with Gasteiger partial charge < -0.3 is 14.5 Å². The average molecular weight is 322 g/mol. The maximum absolute atomic E-state index is 11.8. The van der Waals surface area contributed by atoms with Crippen LogP contribution in [-0.4, -0.2) is 13.0 Å². The third-order valence-corrected chi connectivity index (χ3v) is 2.85. The molecule has 0 bridgehead atoms. The lowest BCUT2D eigenvalue weighted by atomic mass is 10.3. The molecule has 0 atom stereocenters. The highest BCUT2D eigenvalue weighted by atomic mass is 79.9. The molecule has 0 saturated carbocycles. The van der Waals surface area contributed by atoms with Crippen molar-refractivity contribution in [2.45, 2.75) is 0 Å². The Bertz CT molecular complexity index is 591. The van der Waals surface area contributed by atoms with Crippen LogP contribution < -0.4 is 10.1 Å². The first-order valence-corrected chi connectivity index (χ1v) is 6.34. The Morgan fingerprint density at radius 2 is 2.26 bits per heavy atom. The molecule has 1 aromatic heterocycles. The van der Waals surface area contributed by atoms with Crippen molar-refractivity contribution in [1.29, 1.82) is 0 Å². The molecule has 1 N–H and O–H groups in total. The zero-order valence-electron chi connectivity index (χ0n) is 10.2. The molecular weight excluding hydrogens is 310 g/mol. The minimum Gasteiger partial charge on any atom is -0.495 e. The first-order valence-electron chi connectivity index (χ1n) is 5.55. The first-order chi connectivity index (χ1) is 9.19. The van der Waals surface area contributed by atoms with Crippen LogP contribution in [0.25, 0.3) is 6.08 Å². The lowest BCUT2D eigenvalue weighted by Gasteiger charge is -2.08. The van der Waals surface area contributed by atoms with Crippen molar-refractivity contribution in [2.75, 3.05) is 12.4 Å². The number of ether oxygens (including phenoxy) is 1. The van der Waals surface area contributed by atoms with Gasteiger partial charge in [0.1, 0.15) is 11.5 Å². The van der Waals surface area contributed by atoms with Crippen LogP contribution in [0, 0.1) is 0 Å². The highest BCUT2D eigenvalue weighted by molar-refractivity contribution is 9.10. The van der Waals surface area contributed by atoms with Gasteiger partial charge in [-0.25, -0.2) is 0 Å². The average Bonchev–Trinajstić information content (AvgIpc) is 2.90. The molecule has 1 heterocycles. The number of benzene rings is 1. The molecule has 0 aliphatic carbocycles. The summed E-state index contributed by atoms with van der Waals surface area (Å²) in [6, 6.07) is 8.92. The summed E-state index contributed by atoms with van der Waals surface area (Å²) in [6.45, 7) is 0. The van der Waals surface area contributed by atoms with E-state index in [1.54, 1.807) is 43.7 Å². The quantitative estimate of drug-likeness (QED) is 0.873. The number of anilines is 1. The zero-order chi connectivity index (χ0) is 13.7. The molecule has 2 aromatic rings. The molecule has 0 fully saturated rings. The Hall–Kier alpha value is -2.01. The number of nitrogens with one attached hydrogen (secondary N) is 1. The molecule has 0 aliphatic heterocycles. The third kappa shape index (κ3) is 3.72. The van der Waals surface area contributed by atoms with Crippen molar-refractivity contribution in [2.24, 2.45) is 0 Å². The Balaban J connectivity index is 2.08. The highest BCUT2D eigenvalue weighted by Gasteiger charge is 2.06. The minimum absolute atomic E-state index is 0.257. The van der Waals surface area contributed by atoms with Crippen LogP contribution in [0.15, 0.2) is 51.6 Å². The van der Waals surface area contributed by atoms with Gasteiger partial charge in [0.05, 0.1) is 19.1 Å². The Labute approximate surface area is 119 Å². The minimum atomic E-state index is -0.257. The van der Waals surface area contributed by atoms with Crippen molar-refractivity contribution in [3.63, 3.8) is 0 Å². The molecule has 0 aliphatic rings. The van der Waals surface area contributed by atoms with Gasteiger partial charge in [-0.2, -0.15) is 0 Å². The number of amides is 1. The van der Waals surface area contributed by atoms with Crippen LogP contribution in [0.5, 0.6) is 5.75 Å². The summed E-state index contributed by atoms with van der Waals surface area (Å²) in [5.41, 5.74) is 0.603. The predicted octanol–water partition coefficient (Wildman–Crippen LogP) is 3.70. The largest absolute Gasteiger partial charge is 0.495 e. The van der Waals surface area contributed by atoms with Gasteiger partial charge in [-0.05, 0) is 36.4 Å². The van der Waals surface area contributed by atoms with E-state index in [9.17, 15) is 4.79 Å². The smallest absolute Gasteiger partial charge is 0.248 e. The van der Waals surface area contributed by atoms with Crippen LogP contribution in [-0.2, 0) is 4.79 Å². The summed E-state index contributed by atoms with van der Waals surface area (Å²) in [7, 11) is 1.55. The maximum atomic E-state index is 11.8. The van der Waals surface area contributed by atoms with E-state index in [-0.39, 0.29) is 5.91 Å². The number of furan rings is 1. The van der Waals surface area contributed by atoms with Gasteiger partial charge >= 0.3 is 0 Å². The predicted molar refractivity (Wildman–Crippen MR) is 77.1 cm³/mol. The molecule has 1 amide bonds. The summed E-state index contributed by atoms with van der Waals surface area (Å²) in [6.07, 6.45) is 4.55. The molecule has 0 spiro atoms. The molecular formula is C14H12BrNO3. The molecule has 1 aromatic carbocycles. The molecule has 5 heteroatoms. The van der Waals surface area contributed by atoms with E-state index >= 15 is 0 Å². The second-order valence-electron chi connectivity index (χ2n) is 3.68. The second-order valence-corrected chi connectivity index (χ2v) is 4.60. The molecule has 0 saturated heterocycles. The lowest BCUT2D eigenvalue weighted by Crippen LogP contribution is -2.08. The monoisotopic (exact) mass is 321 g/mol. The van der Waals surface area contributed by atoms with E-state index in [1.165, 1.54) is 6.08 Å². The van der Waals surface area contributed by atoms with Crippen LogP contribution in [0.2, 0.25) is 0 Å². The Morgan fingerprint density at radius 1 is 1.42 bits per heavy atom. The van der Waals surface area contributed by atoms with Gasteiger partial charge in [-0.15, -0.1) is 0 Å². The number of rotatable bonds is 4. The number of hydrogen-bond donors (Lipinski definition) is 1. The molecule has 98 valence electrons. The van der Waals surface area contributed by atoms with E-state index in [0.29, 0.717) is 17.2 Å². The van der Waals surface area contributed by atoms with Crippen LogP contribution in [0.4, 0.5) is 5.69 Å². The van der Waals surface area contributed by atoms with E-state index < -0.39 is 0 Å². The lowest BCUT2D eigenvalue weighted by molar-refractivity contribution is -0.111. The SMILES string of the molecule is COc1ccc(Br)cc1NC(=O)/C=C/c1ccco1. The van der Waals surface area contributed by atoms with Gasteiger partial charge in [0.2, 0.25) is 5.91 Å². The Morgan fingerprint density at radius 3 is 2.95 bits per heavy atom. The maximum Gasteiger partial charge on any atom is 0.248 e. The van der Waals surface area contributed by atoms with Crippen molar-refractivity contribution >= 4 is 33.6 Å². The van der Waals surface area contributed by atoms with Crippen molar-refractivity contribution in [3.8, 4) is 5.75 Å². The molecule has 19 heavy (non-hydrogen) atoms. The summed E-state index contributed by atoms with van der Waals surface area (Å²) >= 11 is 3.35. The molecule has 0 radical (unpaired) electrons. The Kier molecular flexibility index (Phi) is 4.41. The summed E-state index contributed by atoms with van der Waals surface area (Å²) in [5, 5.41) is 2.74. The van der Waals surface area contributed by atoms with Crippen molar-refractivity contribution in [1.82, 2.24) is 0 Å². The fourth-order valence-electron chi connectivity index (χ4n) is 1.50. The number of halogens is 1. The van der Waals surface area contributed by atoms with Gasteiger partial charge in [-0.3, -0.25) is 4.79 Å². The van der Waals surface area contributed by atoms with Crippen molar-refractivity contribution < 1.29 is 13.9 Å². The fourth-order valence-corrected chi connectivity index (χ4v) is 1.86. The van der Waals surface area contributed by atoms with Gasteiger partial charge in [-0.1, -0.05) is 15.9 Å². The highest BCUT2D eigenvalue weighted by Crippen LogP contribution is 2.27. The molecule has 2 rings (SSSR count). The number of carbonyl (C=O) groups excluding carboxylic acids is 1. The molecule has 0 unspecified atom stereocenters. The topological polar surface area (TPSA) is 51.5 Å². The first kappa shape index (κ1) is 13.4. The normalized spacial score (nSPS) is 10.6.